The molecule has 0 aliphatic carbocycles. The Morgan fingerprint density at radius 3 is 1.62 bits per heavy atom. The Morgan fingerprint density at radius 2 is 1.14 bits per heavy atom. The Kier molecular flexibility index (Phi) is 31.0. The molecule has 0 radical (unpaired) electrons. The molecular weight excluding hydrogens is 703 g/mol. The zero-order valence-corrected chi connectivity index (χ0v) is 35.9. The van der Waals surface area contributed by atoms with Crippen LogP contribution in [0, 0.1) is 0 Å². The van der Waals surface area contributed by atoms with Gasteiger partial charge in [0.05, 0.1) is 13.2 Å². The van der Waals surface area contributed by atoms with E-state index in [1.165, 1.54) is 128 Å². The van der Waals surface area contributed by atoms with E-state index < -0.39 is 30.6 Å². The fourth-order valence-corrected chi connectivity index (χ4v) is 7.57. The van der Waals surface area contributed by atoms with Crippen LogP contribution in [0.4, 0.5) is 0 Å². The molecule has 1 fully saturated rings. The van der Waals surface area contributed by atoms with Gasteiger partial charge in [-0.2, -0.15) is 0 Å². The van der Waals surface area contributed by atoms with E-state index in [0.29, 0.717) is 12.8 Å². The normalized spacial score (nSPS) is 19.5. The molecule has 5 atom stereocenters. The van der Waals surface area contributed by atoms with Gasteiger partial charge in [-0.15, -0.1) is 6.58 Å². The number of esters is 1. The number of aliphatic hydroxyl groups excluding tert-OH is 1. The summed E-state index contributed by atoms with van der Waals surface area (Å²) in [5.41, 5.74) is 0.938. The summed E-state index contributed by atoms with van der Waals surface area (Å²) < 4.78 is 24.2. The molecule has 1 aliphatic rings. The Balaban J connectivity index is 1.79. The molecule has 0 unspecified atom stereocenters. The maximum Gasteiger partial charge on any atom is 0.305 e. The standard InChI is InChI=1S/C48H83NO7/c1-4-7-9-11-13-15-17-19-21-23-25-27-32-36-43(50)49-45-47(55-39-41-34-30-29-31-35-41)46(52)42(56-48(45)53-38-6-3)40-54-44(51)37-33-28-26-24-22-20-18-16-14-12-10-8-5-2/h6,29-31,34-35,42,45-48,52H,3-5,7-28,32-33,36-40H2,1-2H3,(H,49,50)/t42-,45-,46-,47-,48-/m1/s1. The highest BCUT2D eigenvalue weighted by Gasteiger charge is 2.47. The van der Waals surface area contributed by atoms with E-state index in [2.05, 4.69) is 25.7 Å². The number of hydrogen-bond acceptors (Lipinski definition) is 7. The minimum Gasteiger partial charge on any atom is -0.463 e. The molecule has 8 nitrogen and oxygen atoms in total. The average Bonchev–Trinajstić information content (AvgIpc) is 3.20. The van der Waals surface area contributed by atoms with Gasteiger partial charge in [0, 0.05) is 12.8 Å². The van der Waals surface area contributed by atoms with Crippen molar-refractivity contribution in [2.24, 2.45) is 0 Å². The third-order valence-electron chi connectivity index (χ3n) is 11.1. The van der Waals surface area contributed by atoms with Crippen LogP contribution in [-0.2, 0) is 35.1 Å². The predicted molar refractivity (Wildman–Crippen MR) is 229 cm³/mol. The number of unbranched alkanes of at least 4 members (excludes halogenated alkanes) is 24. The van der Waals surface area contributed by atoms with Crippen molar-refractivity contribution < 1.29 is 33.6 Å². The lowest BCUT2D eigenvalue weighted by atomic mass is 9.96. The Hall–Kier alpha value is -2.26. The van der Waals surface area contributed by atoms with Gasteiger partial charge in [-0.1, -0.05) is 204 Å². The largest absolute Gasteiger partial charge is 0.463 e. The molecule has 8 heteroatoms. The van der Waals surface area contributed by atoms with Crippen molar-refractivity contribution in [1.82, 2.24) is 5.32 Å². The summed E-state index contributed by atoms with van der Waals surface area (Å²) in [7, 11) is 0. The summed E-state index contributed by atoms with van der Waals surface area (Å²) in [6.45, 7) is 8.58. The van der Waals surface area contributed by atoms with Crippen LogP contribution in [0.25, 0.3) is 0 Å². The third kappa shape index (κ3) is 24.5. The number of carbonyl (C=O) groups excluding carboxylic acids is 2. The zero-order valence-electron chi connectivity index (χ0n) is 35.9. The number of nitrogens with one attached hydrogen (secondary N) is 1. The number of rotatable bonds is 37. The highest BCUT2D eigenvalue weighted by molar-refractivity contribution is 5.76. The van der Waals surface area contributed by atoms with Gasteiger partial charge >= 0.3 is 5.97 Å². The molecule has 0 aromatic heterocycles. The van der Waals surface area contributed by atoms with Crippen molar-refractivity contribution in [2.45, 2.75) is 231 Å². The highest BCUT2D eigenvalue weighted by atomic mass is 16.7. The van der Waals surface area contributed by atoms with E-state index in [1.54, 1.807) is 6.08 Å². The summed E-state index contributed by atoms with van der Waals surface area (Å²) in [6.07, 6.45) is 30.8. The predicted octanol–water partition coefficient (Wildman–Crippen LogP) is 11.9. The van der Waals surface area contributed by atoms with Crippen LogP contribution in [0.1, 0.15) is 199 Å². The Labute approximate surface area is 342 Å². The van der Waals surface area contributed by atoms with Crippen LogP contribution >= 0.6 is 0 Å². The molecule has 56 heavy (non-hydrogen) atoms. The maximum absolute atomic E-state index is 13.3. The van der Waals surface area contributed by atoms with Crippen molar-refractivity contribution >= 4 is 11.9 Å². The summed E-state index contributed by atoms with van der Waals surface area (Å²) in [4.78, 5) is 26.0. The van der Waals surface area contributed by atoms with E-state index in [0.717, 1.165) is 44.1 Å². The third-order valence-corrected chi connectivity index (χ3v) is 11.1. The fraction of sp³-hybridized carbons (Fsp3) is 0.792. The Morgan fingerprint density at radius 1 is 0.679 bits per heavy atom. The maximum atomic E-state index is 13.3. The molecule has 2 N–H and O–H groups in total. The number of amides is 1. The topological polar surface area (TPSA) is 103 Å². The van der Waals surface area contributed by atoms with Crippen molar-refractivity contribution in [3.63, 3.8) is 0 Å². The number of hydrogen-bond donors (Lipinski definition) is 2. The molecule has 1 amide bonds. The first kappa shape index (κ1) is 49.9. The quantitative estimate of drug-likeness (QED) is 0.0393. The smallest absolute Gasteiger partial charge is 0.305 e. The van der Waals surface area contributed by atoms with Crippen LogP contribution in [0.3, 0.4) is 0 Å². The number of benzene rings is 1. The van der Waals surface area contributed by atoms with Crippen molar-refractivity contribution in [3.05, 3.63) is 48.6 Å². The van der Waals surface area contributed by atoms with Gasteiger partial charge in [-0.3, -0.25) is 9.59 Å². The molecule has 0 saturated carbocycles. The molecule has 2 rings (SSSR count). The molecule has 1 aromatic rings. The molecule has 1 saturated heterocycles. The summed E-state index contributed by atoms with van der Waals surface area (Å²) in [5.74, 6) is -0.431. The minimum atomic E-state index is -1.16. The monoisotopic (exact) mass is 786 g/mol. The minimum absolute atomic E-state index is 0.128. The highest BCUT2D eigenvalue weighted by Crippen LogP contribution is 2.27. The van der Waals surface area contributed by atoms with E-state index in [9.17, 15) is 14.7 Å². The molecule has 1 aliphatic heterocycles. The van der Waals surface area contributed by atoms with Gasteiger partial charge < -0.3 is 29.4 Å². The second-order valence-corrected chi connectivity index (χ2v) is 16.2. The van der Waals surface area contributed by atoms with E-state index >= 15 is 0 Å². The molecule has 322 valence electrons. The lowest BCUT2D eigenvalue weighted by Crippen LogP contribution is -2.65. The SMILES string of the molecule is C=CCO[C@@H]1O[C@H](COC(=O)CCCCCCCCCCCCCCC)[C@@H](O)[C@H](OCc2ccccc2)[C@H]1NC(=O)CCCCCCCCCCCCCCC. The van der Waals surface area contributed by atoms with Gasteiger partial charge in [0.2, 0.25) is 5.91 Å². The van der Waals surface area contributed by atoms with Gasteiger partial charge in [0.25, 0.3) is 0 Å². The summed E-state index contributed by atoms with van der Waals surface area (Å²) >= 11 is 0. The van der Waals surface area contributed by atoms with Crippen molar-refractivity contribution in [1.29, 1.82) is 0 Å². The average molecular weight is 786 g/mol. The first-order valence-electron chi connectivity index (χ1n) is 23.2. The van der Waals surface area contributed by atoms with Crippen molar-refractivity contribution in [3.8, 4) is 0 Å². The van der Waals surface area contributed by atoms with Crippen LogP contribution in [0.5, 0.6) is 0 Å². The molecule has 1 heterocycles. The summed E-state index contributed by atoms with van der Waals surface area (Å²) in [6, 6.07) is 8.95. The van der Waals surface area contributed by atoms with Crippen LogP contribution in [0.15, 0.2) is 43.0 Å². The first-order valence-corrected chi connectivity index (χ1v) is 23.2. The van der Waals surface area contributed by atoms with E-state index in [-0.39, 0.29) is 31.7 Å². The van der Waals surface area contributed by atoms with E-state index in [1.807, 2.05) is 30.3 Å². The zero-order chi connectivity index (χ0) is 40.3. The second kappa shape index (κ2) is 34.8. The fourth-order valence-electron chi connectivity index (χ4n) is 7.57. The first-order chi connectivity index (χ1) is 27.5. The summed E-state index contributed by atoms with van der Waals surface area (Å²) in [5, 5.41) is 14.7. The lowest BCUT2D eigenvalue weighted by molar-refractivity contribution is -0.277. The number of ether oxygens (including phenoxy) is 4. The van der Waals surface area contributed by atoms with Gasteiger partial charge in [0.15, 0.2) is 6.29 Å². The van der Waals surface area contributed by atoms with Crippen molar-refractivity contribution in [2.75, 3.05) is 13.2 Å². The second-order valence-electron chi connectivity index (χ2n) is 16.2. The van der Waals surface area contributed by atoms with E-state index in [4.69, 9.17) is 18.9 Å². The Bertz CT molecular complexity index is 1080. The number of carbonyl (C=O) groups is 2. The lowest BCUT2D eigenvalue weighted by Gasteiger charge is -2.44. The molecule has 0 bridgehead atoms. The van der Waals surface area contributed by atoms with Crippen LogP contribution < -0.4 is 5.32 Å². The number of aliphatic hydroxyl groups is 1. The van der Waals surface area contributed by atoms with Gasteiger partial charge in [-0.05, 0) is 18.4 Å². The van der Waals surface area contributed by atoms with Gasteiger partial charge in [-0.25, -0.2) is 0 Å². The molecule has 1 aromatic carbocycles. The van der Waals surface area contributed by atoms with Crippen LogP contribution in [-0.4, -0.2) is 60.8 Å². The van der Waals surface area contributed by atoms with Gasteiger partial charge in [0.1, 0.15) is 31.0 Å². The molecule has 0 spiro atoms. The van der Waals surface area contributed by atoms with Crippen LogP contribution in [0.2, 0.25) is 0 Å². The molecular formula is C48H83NO7.